The van der Waals surface area contributed by atoms with Crippen LogP contribution in [-0.4, -0.2) is 24.1 Å². The molecule has 0 unspecified atom stereocenters. The Morgan fingerprint density at radius 3 is 2.61 bits per heavy atom. The highest BCUT2D eigenvalue weighted by atomic mass is 16.6. The van der Waals surface area contributed by atoms with Crippen molar-refractivity contribution in [1.82, 2.24) is 0 Å². The van der Waals surface area contributed by atoms with E-state index < -0.39 is 10.9 Å². The number of rotatable bonds is 6. The van der Waals surface area contributed by atoms with Crippen molar-refractivity contribution in [3.8, 4) is 5.75 Å². The Balaban J connectivity index is 2.50. The van der Waals surface area contributed by atoms with Gasteiger partial charge < -0.3 is 9.47 Å². The van der Waals surface area contributed by atoms with Gasteiger partial charge in [0.15, 0.2) is 6.61 Å². The molecule has 6 nitrogen and oxygen atoms in total. The van der Waals surface area contributed by atoms with Gasteiger partial charge in [0.25, 0.3) is 0 Å². The Kier molecular flexibility index (Phi) is 5.37. The number of benzene rings is 1. The number of esters is 1. The van der Waals surface area contributed by atoms with Crippen molar-refractivity contribution >= 4 is 12.0 Å². The Morgan fingerprint density at radius 1 is 1.39 bits per heavy atom. The maximum Gasteiger partial charge on any atom is 0.344 e. The molecule has 6 heteroatoms. The summed E-state index contributed by atoms with van der Waals surface area (Å²) in [5.74, 6) is 0.0659. The summed E-state index contributed by atoms with van der Waals surface area (Å²) in [6, 6.07) is 6.55. The summed E-state index contributed by atoms with van der Waals surface area (Å²) in [5.41, 5.74) is 0.676. The molecule has 18 heavy (non-hydrogen) atoms. The van der Waals surface area contributed by atoms with Crippen LogP contribution < -0.4 is 4.74 Å². The van der Waals surface area contributed by atoms with Crippen LogP contribution in [0.15, 0.2) is 30.5 Å². The van der Waals surface area contributed by atoms with Crippen molar-refractivity contribution in [2.75, 3.05) is 13.2 Å². The summed E-state index contributed by atoms with van der Waals surface area (Å²) >= 11 is 0. The molecule has 1 aromatic rings. The molecule has 0 atom stereocenters. The van der Waals surface area contributed by atoms with Crippen molar-refractivity contribution < 1.29 is 19.2 Å². The maximum atomic E-state index is 11.0. The molecule has 0 N–H and O–H groups in total. The second kappa shape index (κ2) is 7.05. The number of hydrogen-bond donors (Lipinski definition) is 0. The van der Waals surface area contributed by atoms with Crippen LogP contribution in [0.5, 0.6) is 5.75 Å². The fraction of sp³-hybridized carbons (Fsp3) is 0.250. The van der Waals surface area contributed by atoms with Crippen LogP contribution in [-0.2, 0) is 9.53 Å². The van der Waals surface area contributed by atoms with Crippen LogP contribution in [0.1, 0.15) is 12.5 Å². The summed E-state index contributed by atoms with van der Waals surface area (Å²) in [6.07, 6.45) is 2.23. The largest absolute Gasteiger partial charge is 0.482 e. The highest BCUT2D eigenvalue weighted by Crippen LogP contribution is 2.13. The summed E-state index contributed by atoms with van der Waals surface area (Å²) in [5, 5.41) is 10.1. The number of ether oxygens (including phenoxy) is 2. The number of carbonyl (C=O) groups excluding carboxylic acids is 1. The van der Waals surface area contributed by atoms with E-state index >= 15 is 0 Å². The minimum Gasteiger partial charge on any atom is -0.482 e. The Morgan fingerprint density at radius 2 is 2.06 bits per heavy atom. The van der Waals surface area contributed by atoms with Crippen LogP contribution >= 0.6 is 0 Å². The average Bonchev–Trinajstić information content (AvgIpc) is 2.35. The summed E-state index contributed by atoms with van der Waals surface area (Å²) in [7, 11) is 0. The minimum atomic E-state index is -0.537. The standard InChI is InChI=1S/C12H13NO5/c1-2-17-12(14)9-18-11-5-3-10(4-6-11)7-8-13(15)16/h3-8H,2,9H2,1H3. The lowest BCUT2D eigenvalue weighted by atomic mass is 10.2. The average molecular weight is 251 g/mol. The molecule has 0 aromatic heterocycles. The van der Waals surface area contributed by atoms with Crippen molar-refractivity contribution in [2.45, 2.75) is 6.92 Å². The first-order valence-corrected chi connectivity index (χ1v) is 5.32. The van der Waals surface area contributed by atoms with Gasteiger partial charge in [-0.1, -0.05) is 12.1 Å². The van der Waals surface area contributed by atoms with E-state index in [0.717, 1.165) is 6.20 Å². The zero-order valence-corrected chi connectivity index (χ0v) is 9.87. The van der Waals surface area contributed by atoms with Gasteiger partial charge >= 0.3 is 5.97 Å². The van der Waals surface area contributed by atoms with E-state index in [-0.39, 0.29) is 6.61 Å². The van der Waals surface area contributed by atoms with Gasteiger partial charge in [0.05, 0.1) is 11.5 Å². The first kappa shape index (κ1) is 13.7. The molecule has 0 bridgehead atoms. The topological polar surface area (TPSA) is 78.7 Å². The molecule has 0 aliphatic heterocycles. The summed E-state index contributed by atoms with van der Waals surface area (Å²) in [4.78, 5) is 20.6. The molecule has 0 radical (unpaired) electrons. The fourth-order valence-electron chi connectivity index (χ4n) is 1.17. The fourth-order valence-corrected chi connectivity index (χ4v) is 1.17. The van der Waals surface area contributed by atoms with Gasteiger partial charge in [-0.15, -0.1) is 0 Å². The number of nitrogens with zero attached hydrogens (tertiary/aromatic N) is 1. The highest BCUT2D eigenvalue weighted by Gasteiger charge is 2.02. The van der Waals surface area contributed by atoms with Crippen LogP contribution in [0.2, 0.25) is 0 Å². The van der Waals surface area contributed by atoms with Crippen LogP contribution in [0, 0.1) is 10.1 Å². The molecule has 96 valence electrons. The van der Waals surface area contributed by atoms with E-state index in [9.17, 15) is 14.9 Å². The Labute approximate surface area is 104 Å². The van der Waals surface area contributed by atoms with Gasteiger partial charge in [0.2, 0.25) is 6.20 Å². The lowest BCUT2D eigenvalue weighted by Crippen LogP contribution is -2.14. The molecular weight excluding hydrogens is 238 g/mol. The zero-order chi connectivity index (χ0) is 13.4. The minimum absolute atomic E-state index is 0.155. The Hall–Kier alpha value is -2.37. The third kappa shape index (κ3) is 5.11. The van der Waals surface area contributed by atoms with E-state index in [1.165, 1.54) is 6.08 Å². The second-order valence-corrected chi connectivity index (χ2v) is 3.26. The van der Waals surface area contributed by atoms with Crippen molar-refractivity contribution in [3.05, 3.63) is 46.1 Å². The molecule has 0 aliphatic carbocycles. The molecule has 1 rings (SSSR count). The molecular formula is C12H13NO5. The maximum absolute atomic E-state index is 11.0. The lowest BCUT2D eigenvalue weighted by Gasteiger charge is -2.05. The quantitative estimate of drug-likeness (QED) is 0.438. The smallest absolute Gasteiger partial charge is 0.344 e. The van der Waals surface area contributed by atoms with E-state index in [4.69, 9.17) is 9.47 Å². The van der Waals surface area contributed by atoms with Crippen molar-refractivity contribution in [1.29, 1.82) is 0 Å². The van der Waals surface area contributed by atoms with Crippen LogP contribution in [0.3, 0.4) is 0 Å². The molecule has 0 spiro atoms. The molecule has 0 fully saturated rings. The molecule has 0 amide bonds. The number of hydrogen-bond acceptors (Lipinski definition) is 5. The zero-order valence-electron chi connectivity index (χ0n) is 9.87. The van der Waals surface area contributed by atoms with Gasteiger partial charge in [-0.25, -0.2) is 4.79 Å². The van der Waals surface area contributed by atoms with Gasteiger partial charge in [-0.05, 0) is 24.6 Å². The molecule has 1 aromatic carbocycles. The third-order valence-corrected chi connectivity index (χ3v) is 1.93. The molecule has 0 saturated carbocycles. The predicted molar refractivity (Wildman–Crippen MR) is 64.6 cm³/mol. The molecule has 0 saturated heterocycles. The van der Waals surface area contributed by atoms with E-state index in [2.05, 4.69) is 0 Å². The Bertz CT molecular complexity index is 438. The number of carbonyl (C=O) groups is 1. The van der Waals surface area contributed by atoms with Crippen molar-refractivity contribution in [2.24, 2.45) is 0 Å². The highest BCUT2D eigenvalue weighted by molar-refractivity contribution is 5.71. The molecule has 0 aliphatic rings. The van der Waals surface area contributed by atoms with Crippen LogP contribution in [0.4, 0.5) is 0 Å². The third-order valence-electron chi connectivity index (χ3n) is 1.93. The monoisotopic (exact) mass is 251 g/mol. The van der Waals surface area contributed by atoms with Gasteiger partial charge in [0.1, 0.15) is 5.75 Å². The predicted octanol–water partition coefficient (Wildman–Crippen LogP) is 1.88. The first-order valence-electron chi connectivity index (χ1n) is 5.32. The molecule has 0 heterocycles. The second-order valence-electron chi connectivity index (χ2n) is 3.26. The normalized spacial score (nSPS) is 10.3. The van der Waals surface area contributed by atoms with E-state index in [0.29, 0.717) is 17.9 Å². The van der Waals surface area contributed by atoms with E-state index in [1.54, 1.807) is 31.2 Å². The summed E-state index contributed by atoms with van der Waals surface area (Å²) < 4.78 is 9.87. The number of nitro groups is 1. The van der Waals surface area contributed by atoms with Crippen molar-refractivity contribution in [3.63, 3.8) is 0 Å². The van der Waals surface area contributed by atoms with E-state index in [1.807, 2.05) is 0 Å². The lowest BCUT2D eigenvalue weighted by molar-refractivity contribution is -0.400. The van der Waals surface area contributed by atoms with Gasteiger partial charge in [-0.2, -0.15) is 0 Å². The first-order chi connectivity index (χ1) is 8.61. The van der Waals surface area contributed by atoms with Gasteiger partial charge in [-0.3, -0.25) is 10.1 Å². The van der Waals surface area contributed by atoms with Gasteiger partial charge in [0, 0.05) is 6.08 Å². The SMILES string of the molecule is CCOC(=O)COc1ccc(C=C[N+](=O)[O-])cc1. The summed E-state index contributed by atoms with van der Waals surface area (Å²) in [6.45, 7) is 1.87. The van der Waals surface area contributed by atoms with Crippen LogP contribution in [0.25, 0.3) is 6.08 Å².